The van der Waals surface area contributed by atoms with Crippen LogP contribution in [0.1, 0.15) is 35.2 Å². The summed E-state index contributed by atoms with van der Waals surface area (Å²) in [6.07, 6.45) is 1.64. The van der Waals surface area contributed by atoms with Crippen molar-refractivity contribution >= 4 is 17.4 Å². The van der Waals surface area contributed by atoms with Crippen LogP contribution in [-0.4, -0.2) is 28.9 Å². The minimum Gasteiger partial charge on any atom is -0.493 e. The van der Waals surface area contributed by atoms with Crippen molar-refractivity contribution in [3.63, 3.8) is 0 Å². The fourth-order valence-electron chi connectivity index (χ4n) is 3.94. The number of para-hydroxylation sites is 1. The van der Waals surface area contributed by atoms with E-state index in [1.165, 1.54) is 24.5 Å². The van der Waals surface area contributed by atoms with Gasteiger partial charge in [-0.25, -0.2) is 4.79 Å². The Bertz CT molecular complexity index is 1060. The molecule has 0 radical (unpaired) electrons. The van der Waals surface area contributed by atoms with E-state index in [1.54, 1.807) is 12.1 Å². The third kappa shape index (κ3) is 4.42. The van der Waals surface area contributed by atoms with Crippen molar-refractivity contribution in [1.82, 2.24) is 0 Å². The van der Waals surface area contributed by atoms with Gasteiger partial charge >= 0.3 is 5.97 Å². The van der Waals surface area contributed by atoms with Crippen LogP contribution in [0.2, 0.25) is 0 Å². The van der Waals surface area contributed by atoms with E-state index in [4.69, 9.17) is 14.2 Å². The number of hydrogen-bond acceptors (Lipinski definition) is 7. The van der Waals surface area contributed by atoms with Gasteiger partial charge in [0.15, 0.2) is 0 Å². The number of nitro groups is 1. The minimum atomic E-state index is -0.753. The first kappa shape index (κ1) is 20.6. The van der Waals surface area contributed by atoms with Gasteiger partial charge in [0.05, 0.1) is 10.8 Å². The number of benzene rings is 2. The number of Topliss-reactive ketones (excluding diaryl/α,β-unsaturated/α-hetero) is 1. The van der Waals surface area contributed by atoms with Gasteiger partial charge in [-0.3, -0.25) is 14.9 Å². The van der Waals surface area contributed by atoms with Crippen molar-refractivity contribution in [3.8, 4) is 5.75 Å². The Hall–Kier alpha value is -3.68. The average Bonchev–Trinajstić information content (AvgIpc) is 2.76. The molecule has 4 rings (SSSR count). The molecule has 0 bridgehead atoms. The zero-order chi connectivity index (χ0) is 22.0. The quantitative estimate of drug-likeness (QED) is 0.405. The van der Waals surface area contributed by atoms with Gasteiger partial charge in [-0.15, -0.1) is 0 Å². The standard InChI is InChI=1S/C23H21NO7/c1-14-5-4-6-15(11-14)30-21-13-29-20-12-16(9-10-18(20)22(21)25)31-23(26)17-7-2-3-8-19(17)24(27)28/h2-8,11,13,16,18,20H,9-10,12H2,1H3. The number of nitrogens with zero attached hydrogens (tertiary/aromatic N) is 1. The predicted octanol–water partition coefficient (Wildman–Crippen LogP) is 4.12. The summed E-state index contributed by atoms with van der Waals surface area (Å²) in [5.74, 6) is -0.556. The Morgan fingerprint density at radius 1 is 1.16 bits per heavy atom. The van der Waals surface area contributed by atoms with E-state index in [0.717, 1.165) is 5.56 Å². The molecule has 8 nitrogen and oxygen atoms in total. The van der Waals surface area contributed by atoms with E-state index in [2.05, 4.69) is 0 Å². The molecule has 2 aliphatic rings. The molecule has 31 heavy (non-hydrogen) atoms. The summed E-state index contributed by atoms with van der Waals surface area (Å²) in [6, 6.07) is 13.0. The number of hydrogen-bond donors (Lipinski definition) is 0. The summed E-state index contributed by atoms with van der Waals surface area (Å²) in [6.45, 7) is 1.93. The number of ether oxygens (including phenoxy) is 3. The minimum absolute atomic E-state index is 0.0935. The van der Waals surface area contributed by atoms with Gasteiger partial charge in [-0.05, 0) is 43.5 Å². The zero-order valence-electron chi connectivity index (χ0n) is 16.9. The largest absolute Gasteiger partial charge is 0.493 e. The van der Waals surface area contributed by atoms with Gasteiger partial charge in [0.1, 0.15) is 29.8 Å². The van der Waals surface area contributed by atoms with E-state index in [0.29, 0.717) is 25.0 Å². The fourth-order valence-corrected chi connectivity index (χ4v) is 3.94. The van der Waals surface area contributed by atoms with Crippen molar-refractivity contribution in [2.75, 3.05) is 0 Å². The lowest BCUT2D eigenvalue weighted by atomic mass is 9.80. The molecular formula is C23H21NO7. The van der Waals surface area contributed by atoms with Gasteiger partial charge < -0.3 is 14.2 Å². The molecule has 0 N–H and O–H groups in total. The van der Waals surface area contributed by atoms with Crippen LogP contribution in [0, 0.1) is 23.0 Å². The summed E-state index contributed by atoms with van der Waals surface area (Å²) in [4.78, 5) is 35.9. The van der Waals surface area contributed by atoms with Gasteiger partial charge in [-0.1, -0.05) is 24.3 Å². The molecule has 1 fully saturated rings. The summed E-state index contributed by atoms with van der Waals surface area (Å²) in [5.41, 5.74) is 0.622. The van der Waals surface area contributed by atoms with Crippen LogP contribution in [0.4, 0.5) is 5.69 Å². The van der Waals surface area contributed by atoms with Crippen LogP contribution in [0.25, 0.3) is 0 Å². The molecule has 0 saturated heterocycles. The second kappa shape index (κ2) is 8.59. The Labute approximate surface area is 178 Å². The van der Waals surface area contributed by atoms with Crippen LogP contribution in [0.15, 0.2) is 60.6 Å². The molecule has 1 aliphatic carbocycles. The number of allylic oxidation sites excluding steroid dienone is 1. The second-order valence-electron chi connectivity index (χ2n) is 7.66. The first-order valence-electron chi connectivity index (χ1n) is 10.0. The molecule has 0 aromatic heterocycles. The van der Waals surface area contributed by atoms with Gasteiger partial charge in [0.25, 0.3) is 5.69 Å². The van der Waals surface area contributed by atoms with E-state index < -0.39 is 23.1 Å². The molecule has 3 atom stereocenters. The second-order valence-corrected chi connectivity index (χ2v) is 7.66. The number of carbonyl (C=O) groups excluding carboxylic acids is 2. The van der Waals surface area contributed by atoms with Gasteiger partial charge in [0, 0.05) is 12.5 Å². The highest BCUT2D eigenvalue weighted by Crippen LogP contribution is 2.35. The molecule has 8 heteroatoms. The van der Waals surface area contributed by atoms with Crippen molar-refractivity contribution in [3.05, 3.63) is 81.8 Å². The van der Waals surface area contributed by atoms with Crippen LogP contribution in [0.5, 0.6) is 5.75 Å². The number of rotatable bonds is 5. The first-order valence-corrected chi connectivity index (χ1v) is 10.0. The zero-order valence-corrected chi connectivity index (χ0v) is 16.9. The van der Waals surface area contributed by atoms with Crippen LogP contribution >= 0.6 is 0 Å². The van der Waals surface area contributed by atoms with Crippen molar-refractivity contribution < 1.29 is 28.7 Å². The van der Waals surface area contributed by atoms with E-state index in [1.807, 2.05) is 25.1 Å². The maximum Gasteiger partial charge on any atom is 0.345 e. The number of carbonyl (C=O) groups is 2. The topological polar surface area (TPSA) is 105 Å². The maximum absolute atomic E-state index is 12.9. The number of ketones is 1. The molecule has 1 aliphatic heterocycles. The Kier molecular flexibility index (Phi) is 5.70. The average molecular weight is 423 g/mol. The molecule has 0 amide bonds. The Morgan fingerprint density at radius 2 is 1.97 bits per heavy atom. The predicted molar refractivity (Wildman–Crippen MR) is 109 cm³/mol. The number of fused-ring (bicyclic) bond motifs is 1. The van der Waals surface area contributed by atoms with Crippen LogP contribution in [-0.2, 0) is 14.3 Å². The highest BCUT2D eigenvalue weighted by Gasteiger charge is 2.42. The molecule has 0 spiro atoms. The lowest BCUT2D eigenvalue weighted by molar-refractivity contribution is -0.385. The molecule has 3 unspecified atom stereocenters. The lowest BCUT2D eigenvalue weighted by Gasteiger charge is -2.36. The lowest BCUT2D eigenvalue weighted by Crippen LogP contribution is -2.43. The SMILES string of the molecule is Cc1cccc(OC2=COC3CC(OC(=O)c4ccccc4[N+](=O)[O-])CCC3C2=O)c1. The van der Waals surface area contributed by atoms with Gasteiger partial charge in [-0.2, -0.15) is 0 Å². The fraction of sp³-hybridized carbons (Fsp3) is 0.304. The summed E-state index contributed by atoms with van der Waals surface area (Å²) in [5, 5.41) is 11.1. The van der Waals surface area contributed by atoms with Gasteiger partial charge in [0.2, 0.25) is 11.5 Å². The molecular weight excluding hydrogens is 402 g/mol. The van der Waals surface area contributed by atoms with Crippen molar-refractivity contribution in [1.29, 1.82) is 0 Å². The maximum atomic E-state index is 12.9. The van der Waals surface area contributed by atoms with Crippen molar-refractivity contribution in [2.24, 2.45) is 5.92 Å². The number of aryl methyl sites for hydroxylation is 1. The monoisotopic (exact) mass is 423 g/mol. The summed E-state index contributed by atoms with van der Waals surface area (Å²) >= 11 is 0. The number of esters is 1. The van der Waals surface area contributed by atoms with E-state index >= 15 is 0 Å². The third-order valence-corrected chi connectivity index (χ3v) is 5.48. The highest BCUT2D eigenvalue weighted by molar-refractivity contribution is 5.97. The first-order chi connectivity index (χ1) is 14.9. The summed E-state index contributed by atoms with van der Waals surface area (Å²) in [7, 11) is 0. The third-order valence-electron chi connectivity index (χ3n) is 5.48. The van der Waals surface area contributed by atoms with Crippen LogP contribution in [0.3, 0.4) is 0 Å². The van der Waals surface area contributed by atoms with E-state index in [9.17, 15) is 19.7 Å². The summed E-state index contributed by atoms with van der Waals surface area (Å²) < 4.78 is 17.0. The molecule has 2 aromatic rings. The molecule has 160 valence electrons. The molecule has 2 aromatic carbocycles. The highest BCUT2D eigenvalue weighted by atomic mass is 16.6. The molecule has 1 saturated carbocycles. The van der Waals surface area contributed by atoms with E-state index in [-0.39, 0.29) is 28.7 Å². The Morgan fingerprint density at radius 3 is 2.74 bits per heavy atom. The molecule has 1 heterocycles. The Balaban J connectivity index is 1.41. The number of nitro benzene ring substituents is 1. The van der Waals surface area contributed by atoms with Crippen LogP contribution < -0.4 is 4.74 Å². The smallest absolute Gasteiger partial charge is 0.345 e. The van der Waals surface area contributed by atoms with Crippen molar-refractivity contribution in [2.45, 2.75) is 38.4 Å². The normalized spacial score (nSPS) is 22.5.